The lowest BCUT2D eigenvalue weighted by Crippen LogP contribution is -2.30. The molecule has 1 aromatic rings. The summed E-state index contributed by atoms with van der Waals surface area (Å²) in [6.07, 6.45) is 3.90. The minimum Gasteiger partial charge on any atom is -0.469 e. The fraction of sp³-hybridized carbons (Fsp3) is 0.455. The predicted molar refractivity (Wildman–Crippen MR) is 60.3 cm³/mol. The summed E-state index contributed by atoms with van der Waals surface area (Å²) in [6, 6.07) is 1.78. The van der Waals surface area contributed by atoms with Crippen LogP contribution in [0.1, 0.15) is 18.0 Å². The maximum Gasteiger partial charge on any atom is 0.318 e. The van der Waals surface area contributed by atoms with Crippen LogP contribution in [0.25, 0.3) is 0 Å². The first-order valence-corrected chi connectivity index (χ1v) is 5.45. The zero-order chi connectivity index (χ0) is 12.3. The number of ether oxygens (including phenoxy) is 1. The number of hydrogen-bond acceptors (Lipinski definition) is 3. The number of methoxy groups -OCH3 is 1. The molecule has 0 bridgehead atoms. The molecular weight excluding hydrogens is 222 g/mol. The van der Waals surface area contributed by atoms with E-state index in [0.29, 0.717) is 13.1 Å². The first kappa shape index (κ1) is 11.5. The second-order valence-corrected chi connectivity index (χ2v) is 3.92. The van der Waals surface area contributed by atoms with Crippen LogP contribution in [0.2, 0.25) is 0 Å². The molecule has 6 heteroatoms. The van der Waals surface area contributed by atoms with Crippen LogP contribution in [0.15, 0.2) is 18.5 Å². The molecule has 1 aliphatic heterocycles. The Hall–Kier alpha value is -1.98. The van der Waals surface area contributed by atoms with Gasteiger partial charge in [0.25, 0.3) is 0 Å². The molecule has 1 aromatic heterocycles. The van der Waals surface area contributed by atoms with E-state index in [1.807, 2.05) is 18.5 Å². The lowest BCUT2D eigenvalue weighted by atomic mass is 10.1. The Morgan fingerprint density at radius 2 is 2.47 bits per heavy atom. The highest BCUT2D eigenvalue weighted by atomic mass is 16.5. The van der Waals surface area contributed by atoms with Gasteiger partial charge in [0.15, 0.2) is 0 Å². The van der Waals surface area contributed by atoms with Crippen LogP contribution < -0.4 is 5.32 Å². The van der Waals surface area contributed by atoms with E-state index in [-0.39, 0.29) is 24.5 Å². The molecule has 0 aliphatic carbocycles. The molecule has 1 saturated heterocycles. The van der Waals surface area contributed by atoms with Gasteiger partial charge in [0.2, 0.25) is 0 Å². The maximum absolute atomic E-state index is 11.6. The number of amides is 2. The van der Waals surface area contributed by atoms with E-state index < -0.39 is 0 Å². The molecule has 1 aliphatic rings. The smallest absolute Gasteiger partial charge is 0.318 e. The number of aromatic amines is 1. The molecule has 1 fully saturated rings. The Balaban J connectivity index is 1.89. The Morgan fingerprint density at radius 3 is 3.12 bits per heavy atom. The number of H-pyrrole nitrogens is 1. The first-order chi connectivity index (χ1) is 8.20. The lowest BCUT2D eigenvalue weighted by molar-refractivity contribution is -0.140. The van der Waals surface area contributed by atoms with Crippen LogP contribution >= 0.6 is 0 Å². The van der Waals surface area contributed by atoms with Gasteiger partial charge >= 0.3 is 12.0 Å². The number of aromatic nitrogens is 1. The maximum atomic E-state index is 11.6. The van der Waals surface area contributed by atoms with Crippen molar-refractivity contribution in [2.24, 2.45) is 0 Å². The lowest BCUT2D eigenvalue weighted by Gasteiger charge is -2.13. The number of carbonyl (C=O) groups is 2. The van der Waals surface area contributed by atoms with Gasteiger partial charge in [-0.15, -0.1) is 0 Å². The Morgan fingerprint density at radius 1 is 1.65 bits per heavy atom. The normalized spacial score (nSPS) is 19.2. The van der Waals surface area contributed by atoms with Crippen molar-refractivity contribution in [2.75, 3.05) is 20.2 Å². The van der Waals surface area contributed by atoms with Crippen molar-refractivity contribution in [2.45, 2.75) is 12.5 Å². The summed E-state index contributed by atoms with van der Waals surface area (Å²) in [5.74, 6) is -0.303. The monoisotopic (exact) mass is 237 g/mol. The molecule has 2 rings (SSSR count). The average molecular weight is 237 g/mol. The quantitative estimate of drug-likeness (QED) is 0.755. The molecular formula is C11H15N3O3. The van der Waals surface area contributed by atoms with Crippen LogP contribution in [0, 0.1) is 0 Å². The van der Waals surface area contributed by atoms with Gasteiger partial charge in [-0.3, -0.25) is 4.79 Å². The van der Waals surface area contributed by atoms with Gasteiger partial charge in [-0.05, 0) is 11.6 Å². The summed E-state index contributed by atoms with van der Waals surface area (Å²) in [7, 11) is 1.34. The van der Waals surface area contributed by atoms with E-state index in [4.69, 9.17) is 0 Å². The molecule has 2 N–H and O–H groups in total. The number of rotatable bonds is 4. The number of nitrogens with zero attached hydrogens (tertiary/aromatic N) is 1. The zero-order valence-electron chi connectivity index (χ0n) is 9.60. The molecule has 0 aromatic carbocycles. The molecule has 2 heterocycles. The summed E-state index contributed by atoms with van der Waals surface area (Å²) in [6.45, 7) is 0.965. The highest BCUT2D eigenvalue weighted by Crippen LogP contribution is 2.19. The second kappa shape index (κ2) is 4.90. The zero-order valence-corrected chi connectivity index (χ0v) is 9.60. The Labute approximate surface area is 98.9 Å². The Bertz CT molecular complexity index is 402. The van der Waals surface area contributed by atoms with Gasteiger partial charge < -0.3 is 19.9 Å². The van der Waals surface area contributed by atoms with Crippen molar-refractivity contribution in [3.63, 3.8) is 0 Å². The van der Waals surface area contributed by atoms with E-state index in [1.54, 1.807) is 4.90 Å². The van der Waals surface area contributed by atoms with Crippen molar-refractivity contribution >= 4 is 12.0 Å². The third-order valence-electron chi connectivity index (χ3n) is 2.83. The molecule has 6 nitrogen and oxygen atoms in total. The third-order valence-corrected chi connectivity index (χ3v) is 2.83. The molecule has 0 spiro atoms. The van der Waals surface area contributed by atoms with Crippen molar-refractivity contribution in [1.29, 1.82) is 0 Å². The minimum atomic E-state index is -0.303. The largest absolute Gasteiger partial charge is 0.469 e. The summed E-state index contributed by atoms with van der Waals surface area (Å²) < 4.78 is 4.54. The van der Waals surface area contributed by atoms with Gasteiger partial charge in [-0.2, -0.15) is 0 Å². The van der Waals surface area contributed by atoms with Crippen molar-refractivity contribution in [3.05, 3.63) is 24.0 Å². The summed E-state index contributed by atoms with van der Waals surface area (Å²) in [4.78, 5) is 27.2. The van der Waals surface area contributed by atoms with Crippen LogP contribution in [-0.2, 0) is 9.53 Å². The molecule has 1 unspecified atom stereocenters. The van der Waals surface area contributed by atoms with Crippen molar-refractivity contribution in [1.82, 2.24) is 15.2 Å². The highest BCUT2D eigenvalue weighted by molar-refractivity contribution is 5.78. The fourth-order valence-corrected chi connectivity index (χ4v) is 1.85. The highest BCUT2D eigenvalue weighted by Gasteiger charge is 2.29. The number of carbonyl (C=O) groups excluding carboxylic acids is 2. The van der Waals surface area contributed by atoms with E-state index in [0.717, 1.165) is 5.56 Å². The van der Waals surface area contributed by atoms with Crippen molar-refractivity contribution < 1.29 is 14.3 Å². The number of hydrogen-bond donors (Lipinski definition) is 2. The number of urea groups is 1. The van der Waals surface area contributed by atoms with Gasteiger partial charge in [-0.25, -0.2) is 4.79 Å². The van der Waals surface area contributed by atoms with Crippen LogP contribution in [-0.4, -0.2) is 42.1 Å². The SMILES string of the molecule is COC(=O)CCN1CC(c2cc[nH]c2)NC1=O. The van der Waals surface area contributed by atoms with Crippen LogP contribution in [0.4, 0.5) is 4.79 Å². The van der Waals surface area contributed by atoms with Gasteiger partial charge in [0.1, 0.15) is 0 Å². The molecule has 17 heavy (non-hydrogen) atoms. The van der Waals surface area contributed by atoms with E-state index in [9.17, 15) is 9.59 Å². The number of esters is 1. The summed E-state index contributed by atoms with van der Waals surface area (Å²) in [5.41, 5.74) is 1.04. The van der Waals surface area contributed by atoms with E-state index in [1.165, 1.54) is 7.11 Å². The summed E-state index contributed by atoms with van der Waals surface area (Å²) >= 11 is 0. The van der Waals surface area contributed by atoms with Crippen LogP contribution in [0.5, 0.6) is 0 Å². The first-order valence-electron chi connectivity index (χ1n) is 5.45. The third kappa shape index (κ3) is 2.58. The summed E-state index contributed by atoms with van der Waals surface area (Å²) in [5, 5.41) is 2.86. The second-order valence-electron chi connectivity index (χ2n) is 3.92. The molecule has 0 saturated carbocycles. The molecule has 0 radical (unpaired) electrons. The molecule has 1 atom stereocenters. The number of nitrogens with one attached hydrogen (secondary N) is 2. The standard InChI is InChI=1S/C11H15N3O3/c1-17-10(15)3-5-14-7-9(13-11(14)16)8-2-4-12-6-8/h2,4,6,9,12H,3,5,7H2,1H3,(H,13,16). The van der Waals surface area contributed by atoms with E-state index in [2.05, 4.69) is 15.0 Å². The topological polar surface area (TPSA) is 74.4 Å². The van der Waals surface area contributed by atoms with Crippen LogP contribution in [0.3, 0.4) is 0 Å². The average Bonchev–Trinajstić information content (AvgIpc) is 2.95. The van der Waals surface area contributed by atoms with E-state index >= 15 is 0 Å². The van der Waals surface area contributed by atoms with Gasteiger partial charge in [0, 0.05) is 25.5 Å². The van der Waals surface area contributed by atoms with Crippen molar-refractivity contribution in [3.8, 4) is 0 Å². The predicted octanol–water partition coefficient (Wildman–Crippen LogP) is 0.644. The molecule has 92 valence electrons. The molecule has 2 amide bonds. The Kier molecular flexibility index (Phi) is 3.32. The minimum absolute atomic E-state index is 0.00797. The fourth-order valence-electron chi connectivity index (χ4n) is 1.85. The van der Waals surface area contributed by atoms with Gasteiger partial charge in [0.05, 0.1) is 19.6 Å². The van der Waals surface area contributed by atoms with Gasteiger partial charge in [-0.1, -0.05) is 0 Å².